The number of pyridine rings is 1. The average Bonchev–Trinajstić information content (AvgIpc) is 2.64. The predicted molar refractivity (Wildman–Crippen MR) is 112 cm³/mol. The van der Waals surface area contributed by atoms with Gasteiger partial charge in [-0.3, -0.25) is 9.59 Å². The first kappa shape index (κ1) is 23.1. The second kappa shape index (κ2) is 10.0. The number of nitrogens with one attached hydrogen (secondary N) is 3. The molecule has 1 heterocycles. The quantitative estimate of drug-likeness (QED) is 0.550. The summed E-state index contributed by atoms with van der Waals surface area (Å²) in [6.45, 7) is 3.47. The lowest BCUT2D eigenvalue weighted by molar-refractivity contribution is -0.122. The van der Waals surface area contributed by atoms with E-state index in [2.05, 4.69) is 15.0 Å². The first-order chi connectivity index (χ1) is 13.7. The monoisotopic (exact) mass is 441 g/mol. The molecule has 1 amide bonds. The minimum absolute atomic E-state index is 0.0442. The van der Waals surface area contributed by atoms with E-state index in [4.69, 9.17) is 0 Å². The molecule has 0 fully saturated rings. The average molecular weight is 442 g/mol. The molecule has 29 heavy (non-hydrogen) atoms. The van der Waals surface area contributed by atoms with Crippen molar-refractivity contribution in [3.8, 4) is 0 Å². The van der Waals surface area contributed by atoms with Crippen LogP contribution in [0.25, 0.3) is 0 Å². The maximum absolute atomic E-state index is 13.9. The number of aryl methyl sites for hydroxylation is 2. The van der Waals surface area contributed by atoms with E-state index >= 15 is 0 Å². The number of hydrogen-bond acceptors (Lipinski definition) is 5. The van der Waals surface area contributed by atoms with Gasteiger partial charge >= 0.3 is 0 Å². The molecule has 10 heteroatoms. The number of hydrogen-bond donors (Lipinski definition) is 3. The van der Waals surface area contributed by atoms with Gasteiger partial charge in [0.1, 0.15) is 16.8 Å². The van der Waals surface area contributed by atoms with Crippen LogP contribution in [0.15, 0.2) is 40.0 Å². The molecule has 1 aromatic carbocycles. The summed E-state index contributed by atoms with van der Waals surface area (Å²) >= 11 is 1.45. The molecule has 158 valence electrons. The topological polar surface area (TPSA) is 108 Å². The summed E-state index contributed by atoms with van der Waals surface area (Å²) in [4.78, 5) is 26.9. The van der Waals surface area contributed by atoms with E-state index in [1.807, 2.05) is 6.26 Å². The lowest BCUT2D eigenvalue weighted by Crippen LogP contribution is -2.47. The van der Waals surface area contributed by atoms with Crippen LogP contribution in [0.1, 0.15) is 23.2 Å². The minimum atomic E-state index is -4.23. The van der Waals surface area contributed by atoms with Gasteiger partial charge in [-0.2, -0.15) is 16.5 Å². The molecule has 0 radical (unpaired) electrons. The van der Waals surface area contributed by atoms with Crippen molar-refractivity contribution >= 4 is 27.7 Å². The lowest BCUT2D eigenvalue weighted by Gasteiger charge is -2.19. The zero-order valence-electron chi connectivity index (χ0n) is 16.4. The number of aromatic nitrogens is 1. The van der Waals surface area contributed by atoms with Gasteiger partial charge in [0.05, 0.1) is 0 Å². The van der Waals surface area contributed by atoms with Gasteiger partial charge in [-0.25, -0.2) is 12.8 Å². The van der Waals surface area contributed by atoms with Gasteiger partial charge in [0.15, 0.2) is 0 Å². The van der Waals surface area contributed by atoms with Gasteiger partial charge in [-0.05, 0) is 56.0 Å². The van der Waals surface area contributed by atoms with Gasteiger partial charge in [-0.15, -0.1) is 0 Å². The highest BCUT2D eigenvalue weighted by atomic mass is 32.2. The van der Waals surface area contributed by atoms with Crippen molar-refractivity contribution in [3.05, 3.63) is 63.3 Å². The Labute approximate surface area is 173 Å². The third kappa shape index (κ3) is 6.15. The summed E-state index contributed by atoms with van der Waals surface area (Å²) in [6, 6.07) is 5.65. The number of carbonyl (C=O) groups excluding carboxylic acids is 1. The second-order valence-electron chi connectivity index (χ2n) is 6.55. The van der Waals surface area contributed by atoms with E-state index in [-0.39, 0.29) is 18.5 Å². The molecule has 0 spiro atoms. The maximum Gasteiger partial charge on any atom is 0.253 e. The fraction of sp³-hybridized carbons (Fsp3) is 0.368. The molecule has 7 nitrogen and oxygen atoms in total. The fourth-order valence-electron chi connectivity index (χ4n) is 2.79. The smallest absolute Gasteiger partial charge is 0.253 e. The number of carbonyl (C=O) groups is 1. The standard InChI is InChI=1S/C19H24FN3O4S2/c1-12-10-13(2)22-18(24)14(12)11-21-19(25)16(8-9-28-3)23-29(26,27)17-7-5-4-6-15(17)20/h4-7,10,16,23H,8-9,11H2,1-3H3,(H,21,25)(H,22,24)/t16-/m0/s1. The van der Waals surface area contributed by atoms with Gasteiger partial charge in [0.2, 0.25) is 15.9 Å². The molecule has 2 rings (SSSR count). The third-order valence-corrected chi connectivity index (χ3v) is 6.43. The molecule has 1 aromatic heterocycles. The molecule has 0 aliphatic carbocycles. The molecular formula is C19H24FN3O4S2. The van der Waals surface area contributed by atoms with Crippen molar-refractivity contribution < 1.29 is 17.6 Å². The van der Waals surface area contributed by atoms with E-state index in [1.54, 1.807) is 19.9 Å². The van der Waals surface area contributed by atoms with E-state index in [0.717, 1.165) is 17.7 Å². The van der Waals surface area contributed by atoms with E-state index < -0.39 is 32.7 Å². The Bertz CT molecular complexity index is 1040. The van der Waals surface area contributed by atoms with Crippen LogP contribution < -0.4 is 15.6 Å². The molecule has 0 aliphatic rings. The fourth-order valence-corrected chi connectivity index (χ4v) is 4.57. The molecule has 0 bridgehead atoms. The highest BCUT2D eigenvalue weighted by Crippen LogP contribution is 2.15. The van der Waals surface area contributed by atoms with Crippen LogP contribution in [0, 0.1) is 19.7 Å². The third-order valence-electron chi connectivity index (χ3n) is 4.28. The van der Waals surface area contributed by atoms with Crippen molar-refractivity contribution in [2.45, 2.75) is 37.8 Å². The summed E-state index contributed by atoms with van der Waals surface area (Å²) in [6.07, 6.45) is 2.04. The Hall–Kier alpha value is -2.17. The SMILES string of the molecule is CSCC[C@H](NS(=O)(=O)c1ccccc1F)C(=O)NCc1c(C)cc(C)[nH]c1=O. The van der Waals surface area contributed by atoms with Gasteiger partial charge < -0.3 is 10.3 Å². The van der Waals surface area contributed by atoms with Crippen LogP contribution in [0.4, 0.5) is 4.39 Å². The Morgan fingerprint density at radius 3 is 2.59 bits per heavy atom. The largest absolute Gasteiger partial charge is 0.350 e. The van der Waals surface area contributed by atoms with Crippen molar-refractivity contribution in [2.75, 3.05) is 12.0 Å². The zero-order valence-corrected chi connectivity index (χ0v) is 18.0. The van der Waals surface area contributed by atoms with Crippen LogP contribution in [0.2, 0.25) is 0 Å². The highest BCUT2D eigenvalue weighted by molar-refractivity contribution is 7.98. The van der Waals surface area contributed by atoms with Crippen LogP contribution in [-0.2, 0) is 21.4 Å². The van der Waals surface area contributed by atoms with E-state index in [1.165, 1.54) is 23.9 Å². The van der Waals surface area contributed by atoms with E-state index in [0.29, 0.717) is 17.0 Å². The van der Waals surface area contributed by atoms with Crippen molar-refractivity contribution in [1.29, 1.82) is 0 Å². The van der Waals surface area contributed by atoms with Gasteiger partial charge in [0, 0.05) is 17.8 Å². The van der Waals surface area contributed by atoms with Gasteiger partial charge in [0.25, 0.3) is 5.56 Å². The summed E-state index contributed by atoms with van der Waals surface area (Å²) in [5.41, 5.74) is 1.51. The van der Waals surface area contributed by atoms with Crippen LogP contribution in [0.3, 0.4) is 0 Å². The second-order valence-corrected chi connectivity index (χ2v) is 9.21. The summed E-state index contributed by atoms with van der Waals surface area (Å²) in [5.74, 6) is -0.966. The molecular weight excluding hydrogens is 417 g/mol. The molecule has 0 saturated heterocycles. The molecule has 0 saturated carbocycles. The summed E-state index contributed by atoms with van der Waals surface area (Å²) < 4.78 is 41.3. The normalized spacial score (nSPS) is 12.6. The number of H-pyrrole nitrogens is 1. The molecule has 2 aromatic rings. The van der Waals surface area contributed by atoms with Crippen LogP contribution >= 0.6 is 11.8 Å². The Balaban J connectivity index is 2.18. The number of sulfonamides is 1. The molecule has 0 unspecified atom stereocenters. The molecule has 0 aliphatic heterocycles. The number of amides is 1. The zero-order chi connectivity index (χ0) is 21.6. The first-order valence-electron chi connectivity index (χ1n) is 8.88. The van der Waals surface area contributed by atoms with Crippen molar-refractivity contribution in [2.24, 2.45) is 0 Å². The predicted octanol–water partition coefficient (Wildman–Crippen LogP) is 1.85. The first-order valence-corrected chi connectivity index (χ1v) is 11.8. The van der Waals surface area contributed by atoms with E-state index in [9.17, 15) is 22.4 Å². The molecule has 3 N–H and O–H groups in total. The van der Waals surface area contributed by atoms with Crippen molar-refractivity contribution in [3.63, 3.8) is 0 Å². The summed E-state index contributed by atoms with van der Waals surface area (Å²) in [7, 11) is -4.23. The van der Waals surface area contributed by atoms with Crippen LogP contribution in [-0.4, -0.2) is 37.4 Å². The Morgan fingerprint density at radius 2 is 1.97 bits per heavy atom. The molecule has 1 atom stereocenters. The van der Waals surface area contributed by atoms with Crippen molar-refractivity contribution in [1.82, 2.24) is 15.0 Å². The number of aromatic amines is 1. The Morgan fingerprint density at radius 1 is 1.28 bits per heavy atom. The van der Waals surface area contributed by atoms with Gasteiger partial charge in [-0.1, -0.05) is 12.1 Å². The maximum atomic E-state index is 13.9. The highest BCUT2D eigenvalue weighted by Gasteiger charge is 2.27. The number of benzene rings is 1. The lowest BCUT2D eigenvalue weighted by atomic mass is 10.1. The van der Waals surface area contributed by atoms with Crippen LogP contribution in [0.5, 0.6) is 0 Å². The number of halogens is 1. The number of thioether (sulfide) groups is 1. The minimum Gasteiger partial charge on any atom is -0.350 e. The summed E-state index contributed by atoms with van der Waals surface area (Å²) in [5, 5.41) is 2.61. The number of rotatable bonds is 9. The Kier molecular flexibility index (Phi) is 8.00.